The average molecular weight is 539 g/mol. The predicted molar refractivity (Wildman–Crippen MR) is 133 cm³/mol. The summed E-state index contributed by atoms with van der Waals surface area (Å²) in [7, 11) is 0. The van der Waals surface area contributed by atoms with Crippen LogP contribution in [0.5, 0.6) is 0 Å². The van der Waals surface area contributed by atoms with Crippen LogP contribution in [-0.2, 0) is 17.7 Å². The molecule has 1 aromatic heterocycles. The molecule has 0 bridgehead atoms. The Bertz CT molecular complexity index is 837. The monoisotopic (exact) mass is 539 g/mol. The summed E-state index contributed by atoms with van der Waals surface area (Å²) >= 11 is 0. The zero-order valence-electron chi connectivity index (χ0n) is 18.7. The predicted octanol–water partition coefficient (Wildman–Crippen LogP) is 3.00. The maximum atomic E-state index is 6.14. The number of nitrogens with one attached hydrogen (secondary N) is 1. The number of aryl methyl sites for hydroxylation is 2. The largest absolute Gasteiger partial charge is 0.373 e. The summed E-state index contributed by atoms with van der Waals surface area (Å²) in [4.78, 5) is 9.83. The van der Waals surface area contributed by atoms with E-state index < -0.39 is 0 Å². The molecule has 0 spiro atoms. The second-order valence-electron chi connectivity index (χ2n) is 8.13. The van der Waals surface area contributed by atoms with E-state index in [2.05, 4.69) is 57.5 Å². The van der Waals surface area contributed by atoms with Crippen LogP contribution in [0.4, 0.5) is 0 Å². The van der Waals surface area contributed by atoms with Gasteiger partial charge in [-0.2, -0.15) is 0 Å². The minimum absolute atomic E-state index is 0. The number of aromatic nitrogens is 1. The van der Waals surface area contributed by atoms with Crippen molar-refractivity contribution < 1.29 is 9.26 Å². The van der Waals surface area contributed by atoms with E-state index in [4.69, 9.17) is 14.3 Å². The van der Waals surface area contributed by atoms with Gasteiger partial charge in [0.25, 0.3) is 0 Å². The topological polar surface area (TPSA) is 66.1 Å². The zero-order valence-corrected chi connectivity index (χ0v) is 21.0. The van der Waals surface area contributed by atoms with Crippen molar-refractivity contribution in [1.82, 2.24) is 20.3 Å². The minimum Gasteiger partial charge on any atom is -0.373 e. The number of guanidine groups is 1. The van der Waals surface area contributed by atoms with Crippen molar-refractivity contribution in [2.45, 2.75) is 45.9 Å². The molecule has 2 unspecified atom stereocenters. The average Bonchev–Trinajstić information content (AvgIpc) is 3.33. The van der Waals surface area contributed by atoms with Gasteiger partial charge in [-0.15, -0.1) is 24.0 Å². The number of fused-ring (bicyclic) bond motifs is 1. The molecule has 7 nitrogen and oxygen atoms in total. The van der Waals surface area contributed by atoms with Gasteiger partial charge in [0.1, 0.15) is 5.76 Å². The van der Waals surface area contributed by atoms with Crippen LogP contribution in [0.1, 0.15) is 29.5 Å². The molecule has 1 N–H and O–H groups in total. The summed E-state index contributed by atoms with van der Waals surface area (Å²) in [6.45, 7) is 12.2. The third-order valence-corrected chi connectivity index (χ3v) is 6.08. The lowest BCUT2D eigenvalue weighted by atomic mass is 10.1. The van der Waals surface area contributed by atoms with E-state index in [-0.39, 0.29) is 30.1 Å². The zero-order chi connectivity index (χ0) is 20.9. The van der Waals surface area contributed by atoms with E-state index in [0.717, 1.165) is 63.2 Å². The third kappa shape index (κ3) is 5.78. The molecule has 2 fully saturated rings. The molecule has 2 aliphatic heterocycles. The maximum Gasteiger partial charge on any atom is 0.194 e. The van der Waals surface area contributed by atoms with Crippen LogP contribution >= 0.6 is 24.0 Å². The molecule has 0 amide bonds. The molecule has 0 aliphatic carbocycles. The number of likely N-dealkylation sites (tertiary alicyclic amines) is 1. The fraction of sp³-hybridized carbons (Fsp3) is 0.565. The second-order valence-corrected chi connectivity index (χ2v) is 8.13. The van der Waals surface area contributed by atoms with Crippen LogP contribution in [0.3, 0.4) is 0 Å². The molecular formula is C23H34IN5O2. The molecule has 0 saturated carbocycles. The number of nitrogens with zero attached hydrogens (tertiary/aromatic N) is 4. The van der Waals surface area contributed by atoms with E-state index in [0.29, 0.717) is 12.6 Å². The fourth-order valence-electron chi connectivity index (χ4n) is 4.50. The Morgan fingerprint density at radius 1 is 1.23 bits per heavy atom. The molecule has 3 heterocycles. The van der Waals surface area contributed by atoms with Gasteiger partial charge in [0, 0.05) is 44.8 Å². The van der Waals surface area contributed by atoms with Crippen molar-refractivity contribution in [2.24, 2.45) is 4.99 Å². The lowest BCUT2D eigenvalue weighted by Crippen LogP contribution is -2.50. The van der Waals surface area contributed by atoms with E-state index in [1.165, 1.54) is 11.1 Å². The minimum atomic E-state index is 0. The summed E-state index contributed by atoms with van der Waals surface area (Å²) < 4.78 is 11.4. The first-order valence-electron chi connectivity index (χ1n) is 11.0. The molecule has 2 aromatic rings. The number of benzene rings is 1. The van der Waals surface area contributed by atoms with E-state index in [1.54, 1.807) is 0 Å². The van der Waals surface area contributed by atoms with Crippen molar-refractivity contribution in [3.05, 3.63) is 52.9 Å². The molecule has 2 aliphatic rings. The molecule has 2 atom stereocenters. The Morgan fingerprint density at radius 3 is 2.74 bits per heavy atom. The Balaban J connectivity index is 0.00000272. The molecule has 2 saturated heterocycles. The lowest BCUT2D eigenvalue weighted by Gasteiger charge is -2.36. The number of morpholine rings is 1. The van der Waals surface area contributed by atoms with Crippen LogP contribution < -0.4 is 5.32 Å². The molecular weight excluding hydrogens is 505 g/mol. The van der Waals surface area contributed by atoms with Gasteiger partial charge in [0.15, 0.2) is 5.96 Å². The molecule has 170 valence electrons. The highest BCUT2D eigenvalue weighted by atomic mass is 127. The van der Waals surface area contributed by atoms with Crippen molar-refractivity contribution in [3.8, 4) is 0 Å². The van der Waals surface area contributed by atoms with Crippen LogP contribution in [0, 0.1) is 13.8 Å². The molecule has 4 rings (SSSR count). The van der Waals surface area contributed by atoms with Crippen molar-refractivity contribution in [2.75, 3.05) is 39.3 Å². The molecule has 8 heteroatoms. The number of hydrogen-bond donors (Lipinski definition) is 1. The smallest absolute Gasteiger partial charge is 0.194 e. The van der Waals surface area contributed by atoms with Crippen molar-refractivity contribution >= 4 is 29.9 Å². The standard InChI is InChI=1S/C23H33N5O2.HI/c1-4-24-23(25-11-10-20-17(2)26-30-18(20)3)28-15-21-22(16-28)29-13-12-27(21)14-19-8-6-5-7-9-19;/h5-9,21-22H,4,10-16H2,1-3H3,(H,24,25);1H. The summed E-state index contributed by atoms with van der Waals surface area (Å²) in [5.41, 5.74) is 3.49. The first-order chi connectivity index (χ1) is 14.7. The molecule has 1 aromatic carbocycles. The highest BCUT2D eigenvalue weighted by Gasteiger charge is 2.41. The van der Waals surface area contributed by atoms with Gasteiger partial charge < -0.3 is 19.5 Å². The summed E-state index contributed by atoms with van der Waals surface area (Å²) in [5, 5.41) is 7.52. The number of ether oxygens (including phenoxy) is 1. The van der Waals surface area contributed by atoms with Crippen LogP contribution in [0.25, 0.3) is 0 Å². The number of hydrogen-bond acceptors (Lipinski definition) is 5. The molecule has 0 radical (unpaired) electrons. The Morgan fingerprint density at radius 2 is 2.03 bits per heavy atom. The van der Waals surface area contributed by atoms with Gasteiger partial charge in [-0.25, -0.2) is 0 Å². The Kier molecular flexibility index (Phi) is 8.74. The van der Waals surface area contributed by atoms with Gasteiger partial charge >= 0.3 is 0 Å². The number of aliphatic imine (C=N–C) groups is 1. The van der Waals surface area contributed by atoms with Crippen LogP contribution in [-0.4, -0.2) is 72.4 Å². The SMILES string of the molecule is CCNC(=NCCc1c(C)noc1C)N1CC2OCCN(Cc3ccccc3)C2C1.I. The Hall–Kier alpha value is -1.65. The first-order valence-corrected chi connectivity index (χ1v) is 11.0. The summed E-state index contributed by atoms with van der Waals surface area (Å²) in [5.74, 6) is 1.87. The lowest BCUT2D eigenvalue weighted by molar-refractivity contribution is -0.0502. The fourth-order valence-corrected chi connectivity index (χ4v) is 4.50. The summed E-state index contributed by atoms with van der Waals surface area (Å²) in [6, 6.07) is 11.1. The van der Waals surface area contributed by atoms with Crippen molar-refractivity contribution in [3.63, 3.8) is 0 Å². The third-order valence-electron chi connectivity index (χ3n) is 6.08. The van der Waals surface area contributed by atoms with Gasteiger partial charge in [0.05, 0.1) is 24.4 Å². The van der Waals surface area contributed by atoms with E-state index in [1.807, 2.05) is 13.8 Å². The highest BCUT2D eigenvalue weighted by molar-refractivity contribution is 14.0. The van der Waals surface area contributed by atoms with Gasteiger partial charge in [0.2, 0.25) is 0 Å². The van der Waals surface area contributed by atoms with Gasteiger partial charge in [-0.05, 0) is 32.8 Å². The number of halogens is 1. The second kappa shape index (κ2) is 11.3. The maximum absolute atomic E-state index is 6.14. The highest BCUT2D eigenvalue weighted by Crippen LogP contribution is 2.25. The van der Waals surface area contributed by atoms with Crippen LogP contribution in [0.2, 0.25) is 0 Å². The van der Waals surface area contributed by atoms with Gasteiger partial charge in [-0.1, -0.05) is 35.5 Å². The van der Waals surface area contributed by atoms with Gasteiger partial charge in [-0.3, -0.25) is 9.89 Å². The quantitative estimate of drug-likeness (QED) is 0.346. The van der Waals surface area contributed by atoms with Crippen molar-refractivity contribution in [1.29, 1.82) is 0 Å². The summed E-state index contributed by atoms with van der Waals surface area (Å²) in [6.07, 6.45) is 1.07. The van der Waals surface area contributed by atoms with Crippen LogP contribution in [0.15, 0.2) is 39.8 Å². The normalized spacial score (nSPS) is 21.6. The van der Waals surface area contributed by atoms with E-state index >= 15 is 0 Å². The molecule has 31 heavy (non-hydrogen) atoms. The Labute approximate surface area is 202 Å². The first kappa shape index (κ1) is 24.0. The number of rotatable bonds is 6. The van der Waals surface area contributed by atoms with E-state index in [9.17, 15) is 0 Å².